The van der Waals surface area contributed by atoms with Crippen LogP contribution in [0.5, 0.6) is 0 Å². The Morgan fingerprint density at radius 3 is 1.81 bits per heavy atom. The summed E-state index contributed by atoms with van der Waals surface area (Å²) in [5.41, 5.74) is 4.36. The van der Waals surface area contributed by atoms with E-state index in [4.69, 9.17) is 0 Å². The van der Waals surface area contributed by atoms with Crippen molar-refractivity contribution in [3.8, 4) is 0 Å². The van der Waals surface area contributed by atoms with Crippen LogP contribution in [-0.4, -0.2) is 0 Å². The number of benzene rings is 2. The van der Waals surface area contributed by atoms with Gasteiger partial charge in [0.25, 0.3) is 0 Å². The molecule has 0 atom stereocenters. The van der Waals surface area contributed by atoms with Crippen molar-refractivity contribution < 1.29 is 25.8 Å². The Bertz CT molecular complexity index is 749. The first-order valence-corrected chi connectivity index (χ1v) is 8.67. The van der Waals surface area contributed by atoms with E-state index >= 15 is 0 Å². The van der Waals surface area contributed by atoms with E-state index < -0.39 is 0 Å². The van der Waals surface area contributed by atoms with Gasteiger partial charge in [0, 0.05) is 25.8 Å². The van der Waals surface area contributed by atoms with Crippen molar-refractivity contribution >= 4 is 16.3 Å². The van der Waals surface area contributed by atoms with E-state index in [9.17, 15) is 0 Å². The maximum atomic E-state index is 3.57. The molecule has 31 heavy (non-hydrogen) atoms. The first-order chi connectivity index (χ1) is 11.4. The minimum absolute atomic E-state index is 0. The van der Waals surface area contributed by atoms with Gasteiger partial charge in [0.15, 0.2) is 0 Å². The van der Waals surface area contributed by atoms with Gasteiger partial charge in [-0.25, -0.2) is 17.7 Å². The fourth-order valence-electron chi connectivity index (χ4n) is 3.11. The Hall–Kier alpha value is -1.34. The van der Waals surface area contributed by atoms with Crippen molar-refractivity contribution in [3.05, 3.63) is 136 Å². The summed E-state index contributed by atoms with van der Waals surface area (Å²) in [6.45, 7) is 2.26. The van der Waals surface area contributed by atoms with Gasteiger partial charge in [-0.15, -0.1) is 18.1 Å². The van der Waals surface area contributed by atoms with Crippen LogP contribution in [0.1, 0.15) is 43.7 Å². The molecule has 0 saturated carbocycles. The number of rotatable bonds is 4. The largest absolute Gasteiger partial charge is 0.358 e. The van der Waals surface area contributed by atoms with Crippen LogP contribution < -0.4 is 0 Å². The number of allylic oxidation sites excluding steroid dienone is 2. The summed E-state index contributed by atoms with van der Waals surface area (Å²) in [4.78, 5) is 0. The van der Waals surface area contributed by atoms with Crippen LogP contribution in [0.3, 0.4) is 0 Å². The van der Waals surface area contributed by atoms with Crippen molar-refractivity contribution in [2.24, 2.45) is 0 Å². The van der Waals surface area contributed by atoms with Crippen molar-refractivity contribution in [3.63, 3.8) is 0 Å². The summed E-state index contributed by atoms with van der Waals surface area (Å²) in [6, 6.07) is 23.3. The number of hydrogen-bond donors (Lipinski definition) is 0. The van der Waals surface area contributed by atoms with Crippen molar-refractivity contribution in [2.75, 3.05) is 0 Å². The molecule has 0 bridgehead atoms. The standard InChI is InChI=1S/C18H19.C5H5.7CH3.Hf/c1-2-3-4-7-14-10-11-17-12-15-8-5-6-9-16(15)13-18(14)17;1-2-4-5-3-1;;;;;;;;/h5-6,8-9,12-13H,2-4,7,11H2,1H3;1-5H;7*1H3;/q9*-1;. The first-order valence-electron chi connectivity index (χ1n) is 8.67. The molecular formula is C30H45Hf-9. The van der Waals surface area contributed by atoms with Gasteiger partial charge in [-0.05, 0) is 10.8 Å². The van der Waals surface area contributed by atoms with Crippen molar-refractivity contribution in [1.82, 2.24) is 0 Å². The van der Waals surface area contributed by atoms with E-state index in [1.165, 1.54) is 53.2 Å². The summed E-state index contributed by atoms with van der Waals surface area (Å²) in [5, 5.41) is 2.71. The molecule has 178 valence electrons. The summed E-state index contributed by atoms with van der Waals surface area (Å²) in [5.74, 6) is 0. The van der Waals surface area contributed by atoms with Gasteiger partial charge in [-0.1, -0.05) is 62.9 Å². The number of unbranched alkanes of at least 4 members (excludes halogenated alkanes) is 2. The SMILES string of the molecule is CCCCCC1=[C-]Cc2cc3ccccc3cc21.[CH3-].[CH3-].[CH3-].[CH3-].[CH3-].[CH3-].[CH3-].[Hf].c1cc[cH-]c1. The van der Waals surface area contributed by atoms with Crippen molar-refractivity contribution in [2.45, 2.75) is 39.0 Å². The second-order valence-electron chi connectivity index (χ2n) is 6.11. The summed E-state index contributed by atoms with van der Waals surface area (Å²) in [6.07, 6.45) is 9.68. The molecule has 0 radical (unpaired) electrons. The molecule has 0 spiro atoms. The van der Waals surface area contributed by atoms with Crippen LogP contribution >= 0.6 is 0 Å². The molecule has 1 heteroatoms. The number of fused-ring (bicyclic) bond motifs is 2. The smallest absolute Gasteiger partial charge is 0 e. The Kier molecular flexibility index (Phi) is 32.7. The molecule has 0 nitrogen and oxygen atoms in total. The molecule has 0 aliphatic heterocycles. The summed E-state index contributed by atoms with van der Waals surface area (Å²) >= 11 is 0. The Balaban J connectivity index is -0.000000108. The Labute approximate surface area is 216 Å². The van der Waals surface area contributed by atoms with E-state index in [-0.39, 0.29) is 77.8 Å². The van der Waals surface area contributed by atoms with Crippen LogP contribution in [0.4, 0.5) is 0 Å². The van der Waals surface area contributed by atoms with Crippen LogP contribution in [-0.2, 0) is 32.3 Å². The van der Waals surface area contributed by atoms with Gasteiger partial charge in [-0.2, -0.15) is 23.8 Å². The van der Waals surface area contributed by atoms with Gasteiger partial charge >= 0.3 is 0 Å². The summed E-state index contributed by atoms with van der Waals surface area (Å²) in [7, 11) is 0. The minimum atomic E-state index is 0. The molecule has 0 N–H and O–H groups in total. The average molecular weight is 584 g/mol. The first kappa shape index (κ1) is 43.5. The maximum absolute atomic E-state index is 3.57. The van der Waals surface area contributed by atoms with E-state index in [0.29, 0.717) is 0 Å². The molecule has 0 fully saturated rings. The molecule has 1 aliphatic carbocycles. The average Bonchev–Trinajstić information content (AvgIpc) is 3.27. The number of hydrogen-bond acceptors (Lipinski definition) is 0. The molecule has 0 saturated heterocycles. The van der Waals surface area contributed by atoms with Gasteiger partial charge in [0.1, 0.15) is 0 Å². The molecule has 4 rings (SSSR count). The summed E-state index contributed by atoms with van der Waals surface area (Å²) < 4.78 is 0. The predicted molar refractivity (Wildman–Crippen MR) is 145 cm³/mol. The normalized spacial score (nSPS) is 9.26. The van der Waals surface area contributed by atoms with Gasteiger partial charge < -0.3 is 52.0 Å². The van der Waals surface area contributed by atoms with Gasteiger partial charge in [0.05, 0.1) is 0 Å². The van der Waals surface area contributed by atoms with Crippen molar-refractivity contribution in [1.29, 1.82) is 0 Å². The third-order valence-corrected chi connectivity index (χ3v) is 4.37. The third-order valence-electron chi connectivity index (χ3n) is 4.37. The molecular weight excluding hydrogens is 539 g/mol. The second kappa shape index (κ2) is 23.3. The Morgan fingerprint density at radius 1 is 0.774 bits per heavy atom. The fourth-order valence-corrected chi connectivity index (χ4v) is 3.11. The minimum Gasteiger partial charge on any atom is -0.358 e. The molecule has 0 unspecified atom stereocenters. The van der Waals surface area contributed by atoms with Gasteiger partial charge in [-0.3, -0.25) is 6.08 Å². The van der Waals surface area contributed by atoms with E-state index in [2.05, 4.69) is 49.4 Å². The van der Waals surface area contributed by atoms with Crippen LogP contribution in [0.15, 0.2) is 66.7 Å². The molecule has 0 heterocycles. The molecule has 3 aromatic rings. The monoisotopic (exact) mass is 585 g/mol. The molecule has 0 amide bonds. The molecule has 3 aromatic carbocycles. The predicted octanol–water partition coefficient (Wildman–Crippen LogP) is 9.72. The zero-order chi connectivity index (χ0) is 15.9. The zero-order valence-corrected chi connectivity index (χ0v) is 25.0. The van der Waals surface area contributed by atoms with Crippen LogP contribution in [0, 0.1) is 58.1 Å². The van der Waals surface area contributed by atoms with E-state index in [1.807, 2.05) is 30.3 Å². The second-order valence-corrected chi connectivity index (χ2v) is 6.11. The maximum Gasteiger partial charge on any atom is 0 e. The van der Waals surface area contributed by atoms with E-state index in [1.54, 1.807) is 0 Å². The fraction of sp³-hybridized carbons (Fsp3) is 0.200. The van der Waals surface area contributed by atoms with Gasteiger partial charge in [0.2, 0.25) is 0 Å². The third kappa shape index (κ3) is 12.3. The molecule has 0 aromatic heterocycles. The Morgan fingerprint density at radius 2 is 1.32 bits per heavy atom. The van der Waals surface area contributed by atoms with Crippen LogP contribution in [0.25, 0.3) is 16.3 Å². The topological polar surface area (TPSA) is 0 Å². The molecule has 1 aliphatic rings. The quantitative estimate of drug-likeness (QED) is 0.163. The zero-order valence-electron chi connectivity index (χ0n) is 21.4. The van der Waals surface area contributed by atoms with E-state index in [0.717, 1.165) is 6.42 Å². The van der Waals surface area contributed by atoms with Crippen LogP contribution in [0.2, 0.25) is 0 Å².